The first-order valence-electron chi connectivity index (χ1n) is 9.21. The second-order valence-corrected chi connectivity index (χ2v) is 6.98. The molecule has 0 bridgehead atoms. The maximum absolute atomic E-state index is 12.8. The molecular formula is C21H21F3N2O3. The molecule has 1 aliphatic rings. The number of piperidine rings is 1. The zero-order valence-electron chi connectivity index (χ0n) is 15.4. The Labute approximate surface area is 165 Å². The predicted molar refractivity (Wildman–Crippen MR) is 99.5 cm³/mol. The van der Waals surface area contributed by atoms with E-state index in [0.29, 0.717) is 5.56 Å². The molecule has 3 rings (SSSR count). The average Bonchev–Trinajstić information content (AvgIpc) is 2.72. The molecule has 1 fully saturated rings. The second-order valence-electron chi connectivity index (χ2n) is 6.98. The van der Waals surface area contributed by atoms with E-state index in [-0.39, 0.29) is 19.4 Å². The number of alkyl halides is 3. The zero-order valence-corrected chi connectivity index (χ0v) is 15.4. The zero-order chi connectivity index (χ0) is 21.0. The van der Waals surface area contributed by atoms with E-state index < -0.39 is 36.0 Å². The number of carbonyl (C=O) groups is 2. The van der Waals surface area contributed by atoms with E-state index >= 15 is 0 Å². The van der Waals surface area contributed by atoms with E-state index in [4.69, 9.17) is 0 Å². The van der Waals surface area contributed by atoms with E-state index in [2.05, 4.69) is 5.32 Å². The van der Waals surface area contributed by atoms with Gasteiger partial charge in [-0.15, -0.1) is 0 Å². The highest BCUT2D eigenvalue weighted by Gasteiger charge is 2.46. The lowest BCUT2D eigenvalue weighted by Crippen LogP contribution is -2.54. The third-order valence-corrected chi connectivity index (χ3v) is 5.00. The molecule has 29 heavy (non-hydrogen) atoms. The molecule has 0 spiro atoms. The Hall–Kier alpha value is -2.87. The summed E-state index contributed by atoms with van der Waals surface area (Å²) in [6, 6.07) is 13.5. The number of amides is 2. The highest BCUT2D eigenvalue weighted by atomic mass is 19.4. The van der Waals surface area contributed by atoms with E-state index in [1.54, 1.807) is 36.4 Å². The van der Waals surface area contributed by atoms with Crippen molar-refractivity contribution in [2.45, 2.75) is 37.7 Å². The number of aliphatic hydroxyl groups is 1. The molecule has 0 radical (unpaired) electrons. The molecular weight excluding hydrogens is 385 g/mol. The number of halogens is 3. The monoisotopic (exact) mass is 406 g/mol. The molecule has 2 aromatic carbocycles. The Morgan fingerprint density at radius 3 is 2.24 bits per heavy atom. The van der Waals surface area contributed by atoms with Gasteiger partial charge >= 0.3 is 6.18 Å². The van der Waals surface area contributed by atoms with E-state index in [0.717, 1.165) is 11.1 Å². The molecule has 0 aliphatic carbocycles. The number of nitrogens with one attached hydrogen (secondary N) is 2. The average molecular weight is 406 g/mol. The molecule has 2 amide bonds. The molecule has 1 saturated heterocycles. The van der Waals surface area contributed by atoms with Crippen LogP contribution >= 0.6 is 0 Å². The minimum atomic E-state index is -4.53. The maximum atomic E-state index is 12.8. The van der Waals surface area contributed by atoms with Crippen molar-refractivity contribution in [1.29, 1.82) is 0 Å². The van der Waals surface area contributed by atoms with Crippen LogP contribution in [-0.4, -0.2) is 29.1 Å². The molecule has 2 aromatic rings. The quantitative estimate of drug-likeness (QED) is 0.669. The summed E-state index contributed by atoms with van der Waals surface area (Å²) in [7, 11) is 0. The largest absolute Gasteiger partial charge is 0.408 e. The van der Waals surface area contributed by atoms with Gasteiger partial charge in [0.2, 0.25) is 11.8 Å². The first kappa shape index (κ1) is 20.9. The molecule has 1 heterocycles. The predicted octanol–water partition coefficient (Wildman–Crippen LogP) is 2.84. The van der Waals surface area contributed by atoms with Crippen LogP contribution in [0.1, 0.15) is 35.6 Å². The van der Waals surface area contributed by atoms with Crippen molar-refractivity contribution >= 4 is 11.8 Å². The lowest BCUT2D eigenvalue weighted by atomic mass is 9.91. The van der Waals surface area contributed by atoms with Gasteiger partial charge in [-0.05, 0) is 29.5 Å². The fourth-order valence-corrected chi connectivity index (χ4v) is 3.37. The fraction of sp³-hybridized carbons (Fsp3) is 0.333. The number of rotatable bonds is 5. The van der Waals surface area contributed by atoms with Crippen LogP contribution in [0.5, 0.6) is 0 Å². The van der Waals surface area contributed by atoms with Gasteiger partial charge in [0.1, 0.15) is 12.0 Å². The van der Waals surface area contributed by atoms with Gasteiger partial charge in [0, 0.05) is 0 Å². The van der Waals surface area contributed by atoms with Crippen LogP contribution in [0.2, 0.25) is 0 Å². The number of benzene rings is 2. The van der Waals surface area contributed by atoms with Crippen molar-refractivity contribution in [3.63, 3.8) is 0 Å². The van der Waals surface area contributed by atoms with E-state index in [9.17, 15) is 27.9 Å². The topological polar surface area (TPSA) is 78.4 Å². The SMILES string of the molecule is O=C(NC(c1ccccc1)c1ccc(CO)cc1)C1CCC(C(F)(F)F)NC1=O. The number of aliphatic hydroxyl groups excluding tert-OH is 1. The van der Waals surface area contributed by atoms with Crippen LogP contribution in [0, 0.1) is 5.92 Å². The van der Waals surface area contributed by atoms with Crippen LogP contribution in [0.4, 0.5) is 13.2 Å². The maximum Gasteiger partial charge on any atom is 0.408 e. The van der Waals surface area contributed by atoms with Gasteiger partial charge in [-0.3, -0.25) is 9.59 Å². The van der Waals surface area contributed by atoms with Gasteiger partial charge in [-0.25, -0.2) is 0 Å². The van der Waals surface area contributed by atoms with Gasteiger partial charge in [0.25, 0.3) is 0 Å². The first-order chi connectivity index (χ1) is 13.8. The van der Waals surface area contributed by atoms with Crippen molar-refractivity contribution in [2.24, 2.45) is 5.92 Å². The number of hydrogen-bond donors (Lipinski definition) is 3. The third kappa shape index (κ3) is 4.95. The lowest BCUT2D eigenvalue weighted by molar-refractivity contribution is -0.171. The summed E-state index contributed by atoms with van der Waals surface area (Å²) in [4.78, 5) is 24.9. The Morgan fingerprint density at radius 2 is 1.69 bits per heavy atom. The molecule has 3 atom stereocenters. The first-order valence-corrected chi connectivity index (χ1v) is 9.21. The Balaban J connectivity index is 1.79. The van der Waals surface area contributed by atoms with Crippen LogP contribution in [0.3, 0.4) is 0 Å². The molecule has 1 aliphatic heterocycles. The van der Waals surface area contributed by atoms with Crippen molar-refractivity contribution < 1.29 is 27.9 Å². The Kier molecular flexibility index (Phi) is 6.22. The summed E-state index contributed by atoms with van der Waals surface area (Å²) >= 11 is 0. The second kappa shape index (κ2) is 8.65. The summed E-state index contributed by atoms with van der Waals surface area (Å²) in [6.07, 6.45) is -5.04. The molecule has 3 N–H and O–H groups in total. The molecule has 5 nitrogen and oxygen atoms in total. The smallest absolute Gasteiger partial charge is 0.392 e. The molecule has 154 valence electrons. The van der Waals surface area contributed by atoms with Gasteiger partial charge in [-0.2, -0.15) is 13.2 Å². The van der Waals surface area contributed by atoms with Gasteiger partial charge in [-0.1, -0.05) is 54.6 Å². The minimum Gasteiger partial charge on any atom is -0.392 e. The number of carbonyl (C=O) groups excluding carboxylic acids is 2. The molecule has 8 heteroatoms. The highest BCUT2D eigenvalue weighted by Crippen LogP contribution is 2.29. The van der Waals surface area contributed by atoms with Crippen LogP contribution in [0.25, 0.3) is 0 Å². The lowest BCUT2D eigenvalue weighted by Gasteiger charge is -2.31. The van der Waals surface area contributed by atoms with Crippen molar-refractivity contribution in [3.05, 3.63) is 71.3 Å². The molecule has 3 unspecified atom stereocenters. The standard InChI is InChI=1S/C21H21F3N2O3/c22-21(23,24)17-11-10-16(19(28)25-17)20(29)26-18(14-4-2-1-3-5-14)15-8-6-13(12-27)7-9-15/h1-9,16-18,27H,10-12H2,(H,25,28)(H,26,29). The van der Waals surface area contributed by atoms with Crippen LogP contribution in [-0.2, 0) is 16.2 Å². The van der Waals surface area contributed by atoms with Gasteiger partial charge < -0.3 is 15.7 Å². The highest BCUT2D eigenvalue weighted by molar-refractivity contribution is 6.01. The summed E-state index contributed by atoms with van der Waals surface area (Å²) in [5.41, 5.74) is 2.20. The van der Waals surface area contributed by atoms with Crippen molar-refractivity contribution in [3.8, 4) is 0 Å². The summed E-state index contributed by atoms with van der Waals surface area (Å²) in [6.45, 7) is -0.120. The molecule has 0 aromatic heterocycles. The van der Waals surface area contributed by atoms with Crippen molar-refractivity contribution in [2.75, 3.05) is 0 Å². The van der Waals surface area contributed by atoms with E-state index in [1.807, 2.05) is 23.5 Å². The van der Waals surface area contributed by atoms with Crippen LogP contribution in [0.15, 0.2) is 54.6 Å². The molecule has 0 saturated carbocycles. The number of hydrogen-bond acceptors (Lipinski definition) is 3. The van der Waals surface area contributed by atoms with Crippen LogP contribution < -0.4 is 10.6 Å². The summed E-state index contributed by atoms with van der Waals surface area (Å²) < 4.78 is 38.5. The summed E-state index contributed by atoms with van der Waals surface area (Å²) in [5, 5.41) is 13.9. The van der Waals surface area contributed by atoms with Crippen molar-refractivity contribution in [1.82, 2.24) is 10.6 Å². The minimum absolute atomic E-state index is 0.120. The Bertz CT molecular complexity index is 854. The van der Waals surface area contributed by atoms with Gasteiger partial charge in [0.05, 0.1) is 12.6 Å². The normalized spacial score (nSPS) is 20.6. The Morgan fingerprint density at radius 1 is 1.07 bits per heavy atom. The van der Waals surface area contributed by atoms with E-state index in [1.165, 1.54) is 0 Å². The van der Waals surface area contributed by atoms with Gasteiger partial charge in [0.15, 0.2) is 0 Å². The summed E-state index contributed by atoms with van der Waals surface area (Å²) in [5.74, 6) is -2.72. The third-order valence-electron chi connectivity index (χ3n) is 5.00. The fourth-order valence-electron chi connectivity index (χ4n) is 3.37.